The first-order valence-electron chi connectivity index (χ1n) is 11.0. The molecule has 2 aromatic rings. The Morgan fingerprint density at radius 1 is 1.03 bits per heavy atom. The maximum absolute atomic E-state index is 12.9. The average Bonchev–Trinajstić information content (AvgIpc) is 2.79. The molecule has 2 amide bonds. The van der Waals surface area contributed by atoms with Gasteiger partial charge >= 0.3 is 0 Å². The van der Waals surface area contributed by atoms with E-state index in [4.69, 9.17) is 17.0 Å². The molecule has 1 atom stereocenters. The van der Waals surface area contributed by atoms with E-state index in [1.165, 1.54) is 5.56 Å². The Morgan fingerprint density at radius 3 is 2.34 bits per heavy atom. The Labute approximate surface area is 195 Å². The molecule has 3 rings (SSSR count). The van der Waals surface area contributed by atoms with E-state index in [9.17, 15) is 9.59 Å². The maximum Gasteiger partial charge on any atom is 0.256 e. The molecule has 1 unspecified atom stereocenters. The van der Waals surface area contributed by atoms with Gasteiger partial charge in [0.15, 0.2) is 5.11 Å². The van der Waals surface area contributed by atoms with Crippen molar-refractivity contribution in [1.29, 1.82) is 0 Å². The highest BCUT2D eigenvalue weighted by molar-refractivity contribution is 7.80. The van der Waals surface area contributed by atoms with Crippen LogP contribution in [0.15, 0.2) is 48.5 Å². The molecule has 0 radical (unpaired) electrons. The molecule has 0 spiro atoms. The molecular weight excluding hydrogens is 422 g/mol. The smallest absolute Gasteiger partial charge is 0.256 e. The van der Waals surface area contributed by atoms with Gasteiger partial charge in [-0.1, -0.05) is 50.2 Å². The van der Waals surface area contributed by atoms with Crippen LogP contribution in [0.25, 0.3) is 0 Å². The Hall–Kier alpha value is -2.77. The summed E-state index contributed by atoms with van der Waals surface area (Å²) in [6, 6.07) is 15.3. The van der Waals surface area contributed by atoms with Gasteiger partial charge in [-0.3, -0.25) is 9.59 Å². The monoisotopic (exact) mass is 453 g/mol. The van der Waals surface area contributed by atoms with Gasteiger partial charge in [0.2, 0.25) is 5.91 Å². The third-order valence-electron chi connectivity index (χ3n) is 5.46. The van der Waals surface area contributed by atoms with Gasteiger partial charge in [0, 0.05) is 13.1 Å². The average molecular weight is 454 g/mol. The second-order valence-electron chi connectivity index (χ2n) is 8.45. The zero-order valence-corrected chi connectivity index (χ0v) is 19.7. The number of hydrogen-bond donors (Lipinski definition) is 2. The van der Waals surface area contributed by atoms with Crippen LogP contribution in [-0.2, 0) is 16.0 Å². The zero-order chi connectivity index (χ0) is 23.1. The third-order valence-corrected chi connectivity index (χ3v) is 5.66. The number of hydrogen-bond acceptors (Lipinski definition) is 4. The molecule has 6 nitrogen and oxygen atoms in total. The molecule has 1 aliphatic rings. The molecule has 1 fully saturated rings. The van der Waals surface area contributed by atoms with Crippen LogP contribution in [0.5, 0.6) is 0 Å². The van der Waals surface area contributed by atoms with Gasteiger partial charge < -0.3 is 20.3 Å². The van der Waals surface area contributed by atoms with Crippen molar-refractivity contribution in [3.8, 4) is 0 Å². The molecule has 2 aromatic carbocycles. The predicted molar refractivity (Wildman–Crippen MR) is 131 cm³/mol. The molecule has 0 saturated carbocycles. The standard InChI is InChI=1S/C25H31N3O3S/c1-17(2)16-19-8-10-20(11-9-19)18(3)23(29)27-25(32)26-22-7-5-4-6-21(22)24(30)28-12-14-31-15-13-28/h4-11,17-18H,12-16H2,1-3H3,(H2,26,27,29,32). The molecule has 7 heteroatoms. The lowest BCUT2D eigenvalue weighted by atomic mass is 9.96. The van der Waals surface area contributed by atoms with Gasteiger partial charge in [-0.2, -0.15) is 0 Å². The minimum absolute atomic E-state index is 0.0830. The highest BCUT2D eigenvalue weighted by Gasteiger charge is 2.22. The van der Waals surface area contributed by atoms with Crippen molar-refractivity contribution < 1.29 is 14.3 Å². The fourth-order valence-corrected chi connectivity index (χ4v) is 3.86. The highest BCUT2D eigenvalue weighted by Crippen LogP contribution is 2.20. The van der Waals surface area contributed by atoms with E-state index in [0.29, 0.717) is 43.5 Å². The first-order chi connectivity index (χ1) is 15.3. The summed E-state index contributed by atoms with van der Waals surface area (Å²) in [7, 11) is 0. The molecule has 1 heterocycles. The van der Waals surface area contributed by atoms with Crippen LogP contribution < -0.4 is 10.6 Å². The summed E-state index contributed by atoms with van der Waals surface area (Å²) in [4.78, 5) is 27.4. The summed E-state index contributed by atoms with van der Waals surface area (Å²) >= 11 is 5.36. The van der Waals surface area contributed by atoms with E-state index in [-0.39, 0.29) is 22.8 Å². The second kappa shape index (κ2) is 11.2. The van der Waals surface area contributed by atoms with Crippen molar-refractivity contribution in [3.05, 3.63) is 65.2 Å². The van der Waals surface area contributed by atoms with E-state index < -0.39 is 0 Å². The van der Waals surface area contributed by atoms with Crippen LogP contribution in [0.3, 0.4) is 0 Å². The van der Waals surface area contributed by atoms with Crippen LogP contribution in [-0.4, -0.2) is 48.1 Å². The Bertz CT molecular complexity index is 953. The number of amides is 2. The number of nitrogens with one attached hydrogen (secondary N) is 2. The summed E-state index contributed by atoms with van der Waals surface area (Å²) in [6.45, 7) is 8.41. The van der Waals surface area contributed by atoms with Crippen LogP contribution in [0.4, 0.5) is 5.69 Å². The summed E-state index contributed by atoms with van der Waals surface area (Å²) < 4.78 is 5.33. The minimum Gasteiger partial charge on any atom is -0.378 e. The van der Waals surface area contributed by atoms with E-state index in [1.807, 2.05) is 31.2 Å². The minimum atomic E-state index is -0.354. The lowest BCUT2D eigenvalue weighted by Gasteiger charge is -2.27. The van der Waals surface area contributed by atoms with Gasteiger partial charge in [-0.25, -0.2) is 0 Å². The summed E-state index contributed by atoms with van der Waals surface area (Å²) in [5.74, 6) is -0.0485. The van der Waals surface area contributed by atoms with Gasteiger partial charge in [-0.05, 0) is 54.7 Å². The molecule has 0 aliphatic carbocycles. The summed E-state index contributed by atoms with van der Waals surface area (Å²) in [5, 5.41) is 5.94. The molecule has 0 aromatic heterocycles. The molecule has 170 valence electrons. The number of benzene rings is 2. The van der Waals surface area contributed by atoms with Gasteiger partial charge in [-0.15, -0.1) is 0 Å². The maximum atomic E-state index is 12.9. The van der Waals surface area contributed by atoms with Gasteiger partial charge in [0.05, 0.1) is 30.4 Å². The lowest BCUT2D eigenvalue weighted by Crippen LogP contribution is -2.41. The van der Waals surface area contributed by atoms with E-state index in [2.05, 4.69) is 36.6 Å². The Kier molecular flexibility index (Phi) is 8.36. The molecule has 2 N–H and O–H groups in total. The van der Waals surface area contributed by atoms with E-state index in [0.717, 1.165) is 12.0 Å². The number of nitrogens with zero attached hydrogens (tertiary/aromatic N) is 1. The number of para-hydroxylation sites is 1. The Morgan fingerprint density at radius 2 is 1.69 bits per heavy atom. The van der Waals surface area contributed by atoms with Crippen molar-refractivity contribution >= 4 is 34.8 Å². The number of anilines is 1. The number of carbonyl (C=O) groups is 2. The van der Waals surface area contributed by atoms with Crippen molar-refractivity contribution in [2.45, 2.75) is 33.1 Å². The molecule has 32 heavy (non-hydrogen) atoms. The largest absolute Gasteiger partial charge is 0.378 e. The predicted octanol–water partition coefficient (Wildman–Crippen LogP) is 3.97. The summed E-state index contributed by atoms with van der Waals surface area (Å²) in [5.41, 5.74) is 3.27. The Balaban J connectivity index is 1.61. The molecular formula is C25H31N3O3S. The number of ether oxygens (including phenoxy) is 1. The lowest BCUT2D eigenvalue weighted by molar-refractivity contribution is -0.120. The molecule has 1 aliphatic heterocycles. The fourth-order valence-electron chi connectivity index (χ4n) is 3.65. The fraction of sp³-hybridized carbons (Fsp3) is 0.400. The van der Waals surface area contributed by atoms with Crippen LogP contribution in [0.1, 0.15) is 48.2 Å². The van der Waals surface area contributed by atoms with E-state index >= 15 is 0 Å². The topological polar surface area (TPSA) is 70.7 Å². The normalized spacial score (nSPS) is 14.7. The molecule has 1 saturated heterocycles. The van der Waals surface area contributed by atoms with Crippen LogP contribution >= 0.6 is 12.2 Å². The van der Waals surface area contributed by atoms with Crippen molar-refractivity contribution in [2.75, 3.05) is 31.6 Å². The highest BCUT2D eigenvalue weighted by atomic mass is 32.1. The van der Waals surface area contributed by atoms with Gasteiger partial charge in [0.25, 0.3) is 5.91 Å². The summed E-state index contributed by atoms with van der Waals surface area (Å²) in [6.07, 6.45) is 1.01. The van der Waals surface area contributed by atoms with Crippen LogP contribution in [0.2, 0.25) is 0 Å². The van der Waals surface area contributed by atoms with Crippen molar-refractivity contribution in [2.24, 2.45) is 5.92 Å². The van der Waals surface area contributed by atoms with Crippen molar-refractivity contribution in [1.82, 2.24) is 10.2 Å². The number of morpholine rings is 1. The molecule has 0 bridgehead atoms. The van der Waals surface area contributed by atoms with Crippen molar-refractivity contribution in [3.63, 3.8) is 0 Å². The number of thiocarbonyl (C=S) groups is 1. The number of rotatable bonds is 6. The van der Waals surface area contributed by atoms with Crippen LogP contribution in [0, 0.1) is 5.92 Å². The number of carbonyl (C=O) groups excluding carboxylic acids is 2. The quantitative estimate of drug-likeness (QED) is 0.648. The van der Waals surface area contributed by atoms with E-state index in [1.54, 1.807) is 17.0 Å². The van der Waals surface area contributed by atoms with Gasteiger partial charge in [0.1, 0.15) is 0 Å². The second-order valence-corrected chi connectivity index (χ2v) is 8.86. The SMILES string of the molecule is CC(C)Cc1ccc(C(C)C(=O)NC(=S)Nc2ccccc2C(=O)N2CCOCC2)cc1. The zero-order valence-electron chi connectivity index (χ0n) is 18.9. The third kappa shape index (κ3) is 6.37. The first-order valence-corrected chi connectivity index (χ1v) is 11.4. The first kappa shape index (κ1) is 23.9.